The number of aliphatic hydroxyl groups excluding tert-OH is 1. The molecule has 0 aliphatic heterocycles. The lowest BCUT2D eigenvalue weighted by atomic mass is 10.2. The molecule has 1 rings (SSSR count). The quantitative estimate of drug-likeness (QED) is 0.849. The average molecular weight is 302 g/mol. The van der Waals surface area contributed by atoms with Crippen LogP contribution in [0.2, 0.25) is 5.02 Å². The van der Waals surface area contributed by atoms with Crippen LogP contribution in [0.5, 0.6) is 0 Å². The molecule has 0 bridgehead atoms. The SMILES string of the molecule is CC.CC(=O)NC(CO)C(C)OCc1ccc(Cl)cc1. The topological polar surface area (TPSA) is 58.6 Å². The second-order valence-corrected chi connectivity index (χ2v) is 4.57. The lowest BCUT2D eigenvalue weighted by molar-refractivity contribution is -0.121. The molecule has 1 aromatic rings. The molecule has 0 aliphatic carbocycles. The van der Waals surface area contributed by atoms with E-state index >= 15 is 0 Å². The third-order valence-corrected chi connectivity index (χ3v) is 2.83. The molecule has 0 aromatic heterocycles. The summed E-state index contributed by atoms with van der Waals surface area (Å²) in [7, 11) is 0. The first kappa shape index (κ1) is 18.9. The van der Waals surface area contributed by atoms with Crippen molar-refractivity contribution < 1.29 is 14.6 Å². The van der Waals surface area contributed by atoms with Crippen LogP contribution in [0.3, 0.4) is 0 Å². The van der Waals surface area contributed by atoms with E-state index in [0.717, 1.165) is 5.56 Å². The summed E-state index contributed by atoms with van der Waals surface area (Å²) < 4.78 is 5.60. The van der Waals surface area contributed by atoms with Gasteiger partial charge >= 0.3 is 0 Å². The molecule has 0 saturated heterocycles. The first-order valence-electron chi connectivity index (χ1n) is 6.77. The molecule has 114 valence electrons. The summed E-state index contributed by atoms with van der Waals surface area (Å²) in [6.07, 6.45) is -0.269. The second-order valence-electron chi connectivity index (χ2n) is 4.13. The molecule has 4 nitrogen and oxygen atoms in total. The molecule has 2 N–H and O–H groups in total. The fraction of sp³-hybridized carbons (Fsp3) is 0.533. The van der Waals surface area contributed by atoms with E-state index in [1.807, 2.05) is 32.9 Å². The highest BCUT2D eigenvalue weighted by molar-refractivity contribution is 6.30. The van der Waals surface area contributed by atoms with Crippen LogP contribution in [0.4, 0.5) is 0 Å². The molecule has 0 fully saturated rings. The Balaban J connectivity index is 0.00000172. The van der Waals surface area contributed by atoms with Crippen LogP contribution in [0.15, 0.2) is 24.3 Å². The predicted molar refractivity (Wildman–Crippen MR) is 81.7 cm³/mol. The Kier molecular flexibility index (Phi) is 10.1. The first-order chi connectivity index (χ1) is 9.52. The van der Waals surface area contributed by atoms with Gasteiger partial charge in [0.25, 0.3) is 0 Å². The van der Waals surface area contributed by atoms with Gasteiger partial charge in [-0.1, -0.05) is 37.6 Å². The van der Waals surface area contributed by atoms with E-state index in [-0.39, 0.29) is 18.6 Å². The van der Waals surface area contributed by atoms with Gasteiger partial charge < -0.3 is 15.2 Å². The van der Waals surface area contributed by atoms with Gasteiger partial charge in [0, 0.05) is 11.9 Å². The Morgan fingerprint density at radius 2 is 1.90 bits per heavy atom. The number of ether oxygens (including phenoxy) is 1. The Bertz CT molecular complexity index is 381. The van der Waals surface area contributed by atoms with E-state index in [9.17, 15) is 4.79 Å². The average Bonchev–Trinajstić information content (AvgIpc) is 2.45. The minimum absolute atomic E-state index is 0.151. The zero-order valence-corrected chi connectivity index (χ0v) is 13.3. The summed E-state index contributed by atoms with van der Waals surface area (Å²) >= 11 is 5.78. The van der Waals surface area contributed by atoms with Crippen molar-refractivity contribution in [1.29, 1.82) is 0 Å². The molecule has 2 atom stereocenters. The van der Waals surface area contributed by atoms with E-state index in [2.05, 4.69) is 5.32 Å². The lowest BCUT2D eigenvalue weighted by Gasteiger charge is -2.23. The van der Waals surface area contributed by atoms with Crippen LogP contribution in [0, 0.1) is 0 Å². The smallest absolute Gasteiger partial charge is 0.217 e. The van der Waals surface area contributed by atoms with E-state index in [4.69, 9.17) is 21.4 Å². The predicted octanol–water partition coefficient (Wildman–Crippen LogP) is 2.77. The fourth-order valence-electron chi connectivity index (χ4n) is 1.50. The molecule has 0 radical (unpaired) electrons. The zero-order chi connectivity index (χ0) is 15.5. The van der Waals surface area contributed by atoms with E-state index in [1.165, 1.54) is 6.92 Å². The molecule has 1 amide bonds. The third-order valence-electron chi connectivity index (χ3n) is 2.58. The molecule has 2 unspecified atom stereocenters. The Hall–Kier alpha value is -1.10. The normalized spacial score (nSPS) is 12.9. The fourth-order valence-corrected chi connectivity index (χ4v) is 1.62. The minimum Gasteiger partial charge on any atom is -0.394 e. The molecule has 0 heterocycles. The molecule has 0 spiro atoms. The van der Waals surface area contributed by atoms with Crippen LogP contribution in [0.1, 0.15) is 33.3 Å². The highest BCUT2D eigenvalue weighted by atomic mass is 35.5. The summed E-state index contributed by atoms with van der Waals surface area (Å²) in [4.78, 5) is 10.9. The van der Waals surface area contributed by atoms with Crippen molar-refractivity contribution in [3.05, 3.63) is 34.9 Å². The highest BCUT2D eigenvalue weighted by Crippen LogP contribution is 2.11. The number of nitrogens with one attached hydrogen (secondary N) is 1. The largest absolute Gasteiger partial charge is 0.394 e. The Morgan fingerprint density at radius 3 is 2.35 bits per heavy atom. The van der Waals surface area contributed by atoms with Gasteiger partial charge in [0.05, 0.1) is 25.4 Å². The Morgan fingerprint density at radius 1 is 1.35 bits per heavy atom. The molecule has 0 aliphatic rings. The summed E-state index contributed by atoms with van der Waals surface area (Å²) in [5, 5.41) is 12.5. The van der Waals surface area contributed by atoms with Crippen LogP contribution in [-0.2, 0) is 16.1 Å². The van der Waals surface area contributed by atoms with E-state index in [0.29, 0.717) is 11.6 Å². The van der Waals surface area contributed by atoms with Crippen LogP contribution >= 0.6 is 11.6 Å². The molecular formula is C15H24ClNO3. The number of carbonyl (C=O) groups is 1. The monoisotopic (exact) mass is 301 g/mol. The summed E-state index contributed by atoms with van der Waals surface area (Å²) in [6.45, 7) is 7.48. The van der Waals surface area contributed by atoms with E-state index in [1.54, 1.807) is 12.1 Å². The van der Waals surface area contributed by atoms with Gasteiger partial charge in [-0.3, -0.25) is 4.79 Å². The summed E-state index contributed by atoms with van der Waals surface area (Å²) in [5.41, 5.74) is 0.991. The maximum Gasteiger partial charge on any atom is 0.217 e. The van der Waals surface area contributed by atoms with Gasteiger partial charge in [-0.05, 0) is 24.6 Å². The lowest BCUT2D eigenvalue weighted by Crippen LogP contribution is -2.44. The minimum atomic E-state index is -0.394. The third kappa shape index (κ3) is 7.48. The van der Waals surface area contributed by atoms with Crippen molar-refractivity contribution in [2.45, 2.75) is 46.4 Å². The molecule has 0 saturated carbocycles. The number of amides is 1. The maximum atomic E-state index is 10.9. The molecular weight excluding hydrogens is 278 g/mol. The standard InChI is InChI=1S/C13H18ClNO3.C2H6/c1-9(13(7-16)15-10(2)17)18-8-11-3-5-12(14)6-4-11;1-2/h3-6,9,13,16H,7-8H2,1-2H3,(H,15,17);1-2H3. The maximum absolute atomic E-state index is 10.9. The van der Waals surface area contributed by atoms with Crippen molar-refractivity contribution in [2.75, 3.05) is 6.61 Å². The van der Waals surface area contributed by atoms with Gasteiger partial charge in [-0.25, -0.2) is 0 Å². The molecule has 5 heteroatoms. The summed E-state index contributed by atoms with van der Waals surface area (Å²) in [6, 6.07) is 6.95. The van der Waals surface area contributed by atoms with Gasteiger partial charge in [0.1, 0.15) is 0 Å². The van der Waals surface area contributed by atoms with Crippen molar-refractivity contribution >= 4 is 17.5 Å². The van der Waals surface area contributed by atoms with Crippen molar-refractivity contribution in [3.63, 3.8) is 0 Å². The number of benzene rings is 1. The van der Waals surface area contributed by atoms with E-state index < -0.39 is 6.04 Å². The zero-order valence-electron chi connectivity index (χ0n) is 12.5. The number of rotatable bonds is 6. The van der Waals surface area contributed by atoms with Crippen molar-refractivity contribution in [1.82, 2.24) is 5.32 Å². The first-order valence-corrected chi connectivity index (χ1v) is 7.14. The summed E-state index contributed by atoms with van der Waals surface area (Å²) in [5.74, 6) is -0.184. The number of hydrogen-bond donors (Lipinski definition) is 2. The van der Waals surface area contributed by atoms with Gasteiger partial charge in [-0.2, -0.15) is 0 Å². The molecule has 20 heavy (non-hydrogen) atoms. The number of carbonyl (C=O) groups excluding carboxylic acids is 1. The van der Waals surface area contributed by atoms with Crippen LogP contribution in [-0.4, -0.2) is 29.8 Å². The van der Waals surface area contributed by atoms with Gasteiger partial charge in [-0.15, -0.1) is 0 Å². The van der Waals surface area contributed by atoms with Gasteiger partial charge in [0.2, 0.25) is 5.91 Å². The number of hydrogen-bond acceptors (Lipinski definition) is 3. The van der Waals surface area contributed by atoms with Crippen LogP contribution < -0.4 is 5.32 Å². The number of aliphatic hydroxyl groups is 1. The van der Waals surface area contributed by atoms with Gasteiger partial charge in [0.15, 0.2) is 0 Å². The second kappa shape index (κ2) is 10.7. The van der Waals surface area contributed by atoms with Crippen LogP contribution in [0.25, 0.3) is 0 Å². The van der Waals surface area contributed by atoms with Crippen molar-refractivity contribution in [3.8, 4) is 0 Å². The Labute approximate surface area is 126 Å². The highest BCUT2D eigenvalue weighted by Gasteiger charge is 2.17. The molecule has 1 aromatic carbocycles. The van der Waals surface area contributed by atoms with Crippen molar-refractivity contribution in [2.24, 2.45) is 0 Å². The number of halogens is 1.